The van der Waals surface area contributed by atoms with Crippen LogP contribution in [0.1, 0.15) is 0 Å². The fourth-order valence-electron chi connectivity index (χ4n) is 4.50. The molecule has 4 aromatic carbocycles. The monoisotopic (exact) mass is 830 g/mol. The van der Waals surface area contributed by atoms with Crippen LogP contribution in [0, 0.1) is 0 Å². The first kappa shape index (κ1) is 39.1. The van der Waals surface area contributed by atoms with Crippen molar-refractivity contribution in [2.75, 3.05) is 28.7 Å². The Kier molecular flexibility index (Phi) is 10.9. The second-order valence-electron chi connectivity index (χ2n) is 10.5. The normalized spacial score (nSPS) is 12.7. The van der Waals surface area contributed by atoms with Crippen LogP contribution in [0.5, 0.6) is 5.75 Å². The van der Waals surface area contributed by atoms with Gasteiger partial charge in [0.15, 0.2) is 9.84 Å². The first-order valence-corrected chi connectivity index (χ1v) is 20.3. The summed E-state index contributed by atoms with van der Waals surface area (Å²) in [5.74, 6) is -1.72. The molecular formula is C27H23ClN8O13S4. The SMILES string of the molecule is Nc1ccc2cc(S(=O)(=O)O)cc(O)c2c1/N=N/c1cc(Nc2nc(Cl)nc(Nc3ccc(S(=O)(=O)CCOS(=O)(=O)O)cc3)n2)ccc1S(=O)(=O)O. The number of aromatic hydroxyl groups is 1. The lowest BCUT2D eigenvalue weighted by Crippen LogP contribution is -2.15. The highest BCUT2D eigenvalue weighted by Crippen LogP contribution is 2.41. The molecule has 53 heavy (non-hydrogen) atoms. The number of sulfone groups is 1. The molecule has 0 radical (unpaired) electrons. The molecule has 1 aromatic heterocycles. The van der Waals surface area contributed by atoms with Gasteiger partial charge in [-0.05, 0) is 71.6 Å². The standard InChI is InChI=1S/C27H23ClN8O13S4/c28-25-32-26(30-15-2-5-17(6-3-15)50(38,39)10-9-49-53(46,47)48)34-27(33-25)31-16-4-8-22(52(43,44)45)20(12-16)35-36-24-19(29)7-1-14-11-18(51(40,41)42)13-21(37)23(14)24/h1-8,11-13,37H,9-10,29H2,(H,40,41,42)(H,43,44,45)(H,46,47,48)(H2,30,31,32,33,34)/b36-35+. The zero-order valence-corrected chi connectivity index (χ0v) is 30.1. The average molecular weight is 831 g/mol. The van der Waals surface area contributed by atoms with Crippen LogP contribution in [-0.2, 0) is 44.7 Å². The number of nitrogens with zero attached hydrogens (tertiary/aromatic N) is 5. The van der Waals surface area contributed by atoms with Crippen molar-refractivity contribution in [3.05, 3.63) is 72.0 Å². The van der Waals surface area contributed by atoms with Crippen molar-refractivity contribution >= 4 is 103 Å². The van der Waals surface area contributed by atoms with Gasteiger partial charge in [-0.3, -0.25) is 13.7 Å². The van der Waals surface area contributed by atoms with Crippen molar-refractivity contribution in [1.29, 1.82) is 0 Å². The number of anilines is 5. The highest BCUT2D eigenvalue weighted by Gasteiger charge is 2.20. The Morgan fingerprint density at radius 1 is 0.736 bits per heavy atom. The molecule has 0 unspecified atom stereocenters. The third-order valence-electron chi connectivity index (χ3n) is 6.78. The number of halogens is 1. The van der Waals surface area contributed by atoms with Gasteiger partial charge in [0, 0.05) is 17.4 Å². The molecule has 21 nitrogen and oxygen atoms in total. The third kappa shape index (κ3) is 9.86. The van der Waals surface area contributed by atoms with Gasteiger partial charge in [-0.25, -0.2) is 12.6 Å². The van der Waals surface area contributed by atoms with Crippen LogP contribution in [0.25, 0.3) is 10.8 Å². The minimum Gasteiger partial charge on any atom is -0.507 e. The molecule has 0 amide bonds. The highest BCUT2D eigenvalue weighted by atomic mass is 35.5. The Balaban J connectivity index is 1.41. The lowest BCUT2D eigenvalue weighted by molar-refractivity contribution is 0.284. The van der Waals surface area contributed by atoms with Crippen LogP contribution < -0.4 is 16.4 Å². The molecule has 1 heterocycles. The van der Waals surface area contributed by atoms with Crippen molar-refractivity contribution in [2.45, 2.75) is 14.7 Å². The number of hydrogen-bond acceptors (Lipinski definition) is 18. The van der Waals surface area contributed by atoms with Crippen molar-refractivity contribution in [3.8, 4) is 5.75 Å². The van der Waals surface area contributed by atoms with Crippen LogP contribution in [0.2, 0.25) is 5.28 Å². The molecule has 26 heteroatoms. The van der Waals surface area contributed by atoms with E-state index in [1.807, 2.05) is 0 Å². The summed E-state index contributed by atoms with van der Waals surface area (Å²) >= 11 is 6.07. The van der Waals surface area contributed by atoms with E-state index in [2.05, 4.69) is 40.0 Å². The van der Waals surface area contributed by atoms with E-state index in [1.165, 1.54) is 42.5 Å². The minimum absolute atomic E-state index is 0.0692. The van der Waals surface area contributed by atoms with Crippen LogP contribution in [0.15, 0.2) is 91.6 Å². The van der Waals surface area contributed by atoms with E-state index in [9.17, 15) is 47.9 Å². The number of benzene rings is 4. The highest BCUT2D eigenvalue weighted by molar-refractivity contribution is 7.91. The molecule has 0 saturated heterocycles. The molecule has 5 aromatic rings. The molecule has 8 N–H and O–H groups in total. The summed E-state index contributed by atoms with van der Waals surface area (Å²) < 4.78 is 126. The first-order valence-electron chi connectivity index (χ1n) is 14.1. The molecule has 280 valence electrons. The maximum absolute atomic E-state index is 12.4. The number of rotatable bonds is 13. The van der Waals surface area contributed by atoms with Crippen molar-refractivity contribution in [3.63, 3.8) is 0 Å². The van der Waals surface area contributed by atoms with E-state index in [-0.39, 0.29) is 55.6 Å². The molecule has 0 fully saturated rings. The summed E-state index contributed by atoms with van der Waals surface area (Å²) in [5.41, 5.74) is 5.67. The van der Waals surface area contributed by atoms with E-state index in [1.54, 1.807) is 0 Å². The van der Waals surface area contributed by atoms with E-state index in [0.29, 0.717) is 0 Å². The molecule has 0 spiro atoms. The third-order valence-corrected chi connectivity index (χ3v) is 10.8. The number of phenols is 1. The number of nitrogens with one attached hydrogen (secondary N) is 2. The smallest absolute Gasteiger partial charge is 0.397 e. The summed E-state index contributed by atoms with van der Waals surface area (Å²) in [6, 6.07) is 12.8. The number of hydrogen-bond donors (Lipinski definition) is 7. The van der Waals surface area contributed by atoms with Crippen molar-refractivity contribution < 1.29 is 56.6 Å². The van der Waals surface area contributed by atoms with Crippen LogP contribution in [-0.4, -0.2) is 79.7 Å². The number of aromatic nitrogens is 3. The Morgan fingerprint density at radius 3 is 1.96 bits per heavy atom. The van der Waals surface area contributed by atoms with Gasteiger partial charge in [0.05, 0.1) is 33.2 Å². The summed E-state index contributed by atoms with van der Waals surface area (Å²) in [6.45, 7) is -0.810. The van der Waals surface area contributed by atoms with E-state index in [0.717, 1.165) is 24.3 Å². The molecule has 5 rings (SSSR count). The molecule has 0 aliphatic rings. The summed E-state index contributed by atoms with van der Waals surface area (Å²) in [4.78, 5) is 10.6. The van der Waals surface area contributed by atoms with Gasteiger partial charge in [-0.1, -0.05) is 6.07 Å². The fourth-order valence-corrected chi connectivity index (χ4v) is 7.29. The minimum atomic E-state index is -4.89. The lowest BCUT2D eigenvalue weighted by Gasteiger charge is -2.11. The predicted octanol–water partition coefficient (Wildman–Crippen LogP) is 3.96. The van der Waals surface area contributed by atoms with Gasteiger partial charge in [0.25, 0.3) is 20.2 Å². The molecule has 0 aliphatic carbocycles. The summed E-state index contributed by atoms with van der Waals surface area (Å²) in [7, 11) is -18.4. The number of fused-ring (bicyclic) bond motifs is 1. The predicted molar refractivity (Wildman–Crippen MR) is 188 cm³/mol. The van der Waals surface area contributed by atoms with Crippen LogP contribution >= 0.6 is 11.6 Å². The maximum atomic E-state index is 12.4. The van der Waals surface area contributed by atoms with Gasteiger partial charge in [0.1, 0.15) is 22.0 Å². The Hall–Kier alpha value is -5.12. The average Bonchev–Trinajstić information content (AvgIpc) is 3.02. The van der Waals surface area contributed by atoms with Crippen molar-refractivity contribution in [2.24, 2.45) is 10.2 Å². The molecule has 0 aliphatic heterocycles. The van der Waals surface area contributed by atoms with E-state index < -0.39 is 74.1 Å². The zero-order chi connectivity index (χ0) is 38.9. The van der Waals surface area contributed by atoms with E-state index >= 15 is 0 Å². The number of nitrogen functional groups attached to an aromatic ring is 1. The van der Waals surface area contributed by atoms with Crippen molar-refractivity contribution in [1.82, 2.24) is 15.0 Å². The number of nitrogens with two attached hydrogens (primary N) is 1. The fraction of sp³-hybridized carbons (Fsp3) is 0.0741. The lowest BCUT2D eigenvalue weighted by atomic mass is 10.1. The maximum Gasteiger partial charge on any atom is 0.397 e. The van der Waals surface area contributed by atoms with E-state index in [4.69, 9.17) is 21.9 Å². The number of phenolic OH excluding ortho intramolecular Hbond substituents is 1. The van der Waals surface area contributed by atoms with Gasteiger partial charge < -0.3 is 21.5 Å². The number of azo groups is 1. The zero-order valence-electron chi connectivity index (χ0n) is 26.1. The second-order valence-corrected chi connectivity index (χ2v) is 16.8. The second kappa shape index (κ2) is 14.7. The van der Waals surface area contributed by atoms with Gasteiger partial charge in [-0.15, -0.1) is 10.2 Å². The Bertz CT molecular complexity index is 2740. The van der Waals surface area contributed by atoms with Gasteiger partial charge in [0.2, 0.25) is 17.2 Å². The van der Waals surface area contributed by atoms with Crippen LogP contribution in [0.3, 0.4) is 0 Å². The summed E-state index contributed by atoms with van der Waals surface area (Å²) in [6.07, 6.45) is 0. The topological polar surface area (TPSA) is 340 Å². The Morgan fingerprint density at radius 2 is 1.36 bits per heavy atom. The molecule has 0 bridgehead atoms. The quantitative estimate of drug-likeness (QED) is 0.0501. The first-order chi connectivity index (χ1) is 24.6. The van der Waals surface area contributed by atoms with Crippen LogP contribution in [0.4, 0.5) is 40.3 Å². The van der Waals surface area contributed by atoms with Gasteiger partial charge >= 0.3 is 10.4 Å². The van der Waals surface area contributed by atoms with Gasteiger partial charge in [-0.2, -0.15) is 40.2 Å². The summed E-state index contributed by atoms with van der Waals surface area (Å²) in [5, 5.41) is 23.7. The molecule has 0 atom stereocenters. The largest absolute Gasteiger partial charge is 0.507 e. The Labute approximate surface area is 304 Å². The molecule has 0 saturated carbocycles. The molecular weight excluding hydrogens is 808 g/mol.